The quantitative estimate of drug-likeness (QED) is 0.130. The SMILES string of the molecule is COc1ccc(OC)c(N(CC(=O)N(Cc2ccc(Cl)c(Cl)c2)[C@@H](Cc2ccccc2)C(=O)NC2CCCC2)S(=O)(=O)c2ccc(OC)c(OC)c2)c1. The largest absolute Gasteiger partial charge is 0.497 e. The van der Waals surface area contributed by atoms with Crippen LogP contribution in [0.1, 0.15) is 36.8 Å². The van der Waals surface area contributed by atoms with E-state index in [1.165, 1.54) is 57.6 Å². The lowest BCUT2D eigenvalue weighted by Crippen LogP contribution is -2.54. The van der Waals surface area contributed by atoms with E-state index in [4.69, 9.17) is 42.1 Å². The number of nitrogens with zero attached hydrogens (tertiary/aromatic N) is 2. The summed E-state index contributed by atoms with van der Waals surface area (Å²) in [5.74, 6) is -0.0252. The summed E-state index contributed by atoms with van der Waals surface area (Å²) in [7, 11) is 1.14. The molecule has 1 saturated carbocycles. The van der Waals surface area contributed by atoms with Crippen molar-refractivity contribution in [2.24, 2.45) is 0 Å². The average molecular weight is 785 g/mol. The van der Waals surface area contributed by atoms with Crippen LogP contribution in [0.25, 0.3) is 0 Å². The summed E-state index contributed by atoms with van der Waals surface area (Å²) in [6, 6.07) is 22.0. The third-order valence-corrected chi connectivity index (χ3v) is 11.7. The summed E-state index contributed by atoms with van der Waals surface area (Å²) < 4.78 is 52.3. The van der Waals surface area contributed by atoms with Crippen LogP contribution in [0.3, 0.4) is 0 Å². The highest BCUT2D eigenvalue weighted by molar-refractivity contribution is 7.92. The molecule has 53 heavy (non-hydrogen) atoms. The molecule has 0 heterocycles. The molecule has 2 amide bonds. The Morgan fingerprint density at radius 1 is 0.774 bits per heavy atom. The van der Waals surface area contributed by atoms with E-state index in [-0.39, 0.29) is 52.0 Å². The van der Waals surface area contributed by atoms with Gasteiger partial charge in [0.1, 0.15) is 24.1 Å². The van der Waals surface area contributed by atoms with Gasteiger partial charge in [-0.2, -0.15) is 0 Å². The number of benzene rings is 4. The van der Waals surface area contributed by atoms with Gasteiger partial charge < -0.3 is 29.2 Å². The molecule has 0 spiro atoms. The maximum atomic E-state index is 15.0. The topological polar surface area (TPSA) is 124 Å². The zero-order valence-corrected chi connectivity index (χ0v) is 32.3. The smallest absolute Gasteiger partial charge is 0.265 e. The number of hydrogen-bond acceptors (Lipinski definition) is 8. The second-order valence-electron chi connectivity index (χ2n) is 12.5. The molecule has 282 valence electrons. The van der Waals surface area contributed by atoms with Gasteiger partial charge in [-0.3, -0.25) is 13.9 Å². The zero-order valence-electron chi connectivity index (χ0n) is 30.0. The molecule has 4 aromatic carbocycles. The van der Waals surface area contributed by atoms with Gasteiger partial charge in [-0.25, -0.2) is 8.42 Å². The third-order valence-electron chi connectivity index (χ3n) is 9.19. The molecule has 1 aliphatic carbocycles. The second kappa shape index (κ2) is 17.9. The summed E-state index contributed by atoms with van der Waals surface area (Å²) in [4.78, 5) is 30.5. The molecule has 11 nitrogen and oxygen atoms in total. The molecular formula is C39H43Cl2N3O8S. The molecule has 0 unspecified atom stereocenters. The molecule has 0 saturated heterocycles. The normalized spacial score (nSPS) is 13.5. The van der Waals surface area contributed by atoms with Gasteiger partial charge in [0, 0.05) is 31.1 Å². The molecule has 0 bridgehead atoms. The van der Waals surface area contributed by atoms with E-state index in [1.54, 1.807) is 30.3 Å². The number of nitrogens with one attached hydrogen (secondary N) is 1. The monoisotopic (exact) mass is 783 g/mol. The molecule has 0 aliphatic heterocycles. The van der Waals surface area contributed by atoms with Crippen molar-refractivity contribution < 1.29 is 37.0 Å². The minimum atomic E-state index is -4.53. The lowest BCUT2D eigenvalue weighted by molar-refractivity contribution is -0.140. The maximum absolute atomic E-state index is 15.0. The van der Waals surface area contributed by atoms with E-state index < -0.39 is 28.5 Å². The second-order valence-corrected chi connectivity index (χ2v) is 15.2. The molecule has 1 atom stereocenters. The zero-order chi connectivity index (χ0) is 38.1. The number of carbonyl (C=O) groups excluding carboxylic acids is 2. The van der Waals surface area contributed by atoms with Gasteiger partial charge in [-0.15, -0.1) is 0 Å². The minimum Gasteiger partial charge on any atom is -0.497 e. The Kier molecular flexibility index (Phi) is 13.4. The van der Waals surface area contributed by atoms with Crippen molar-refractivity contribution in [1.82, 2.24) is 10.2 Å². The predicted molar refractivity (Wildman–Crippen MR) is 205 cm³/mol. The Morgan fingerprint density at radius 2 is 1.45 bits per heavy atom. The molecule has 14 heteroatoms. The number of amides is 2. The fourth-order valence-corrected chi connectivity index (χ4v) is 8.12. The highest BCUT2D eigenvalue weighted by atomic mass is 35.5. The van der Waals surface area contributed by atoms with Crippen molar-refractivity contribution in [3.63, 3.8) is 0 Å². The van der Waals surface area contributed by atoms with Gasteiger partial charge in [0.2, 0.25) is 11.8 Å². The summed E-state index contributed by atoms with van der Waals surface area (Å²) in [5.41, 5.74) is 1.45. The summed E-state index contributed by atoms with van der Waals surface area (Å²) in [6.07, 6.45) is 3.81. The fourth-order valence-electron chi connectivity index (χ4n) is 6.37. The Morgan fingerprint density at radius 3 is 2.09 bits per heavy atom. The highest BCUT2D eigenvalue weighted by Crippen LogP contribution is 2.38. The van der Waals surface area contributed by atoms with E-state index in [0.29, 0.717) is 22.1 Å². The van der Waals surface area contributed by atoms with Gasteiger partial charge in [-0.05, 0) is 60.4 Å². The van der Waals surface area contributed by atoms with E-state index >= 15 is 0 Å². The number of anilines is 1. The summed E-state index contributed by atoms with van der Waals surface area (Å²) in [5, 5.41) is 3.76. The summed E-state index contributed by atoms with van der Waals surface area (Å²) in [6.45, 7) is -0.797. The number of rotatable bonds is 16. The Bertz CT molecular complexity index is 2010. The lowest BCUT2D eigenvalue weighted by Gasteiger charge is -2.34. The molecule has 4 aromatic rings. The van der Waals surface area contributed by atoms with Gasteiger partial charge in [-0.1, -0.05) is 72.4 Å². The van der Waals surface area contributed by atoms with E-state index in [0.717, 1.165) is 35.6 Å². The van der Waals surface area contributed by atoms with E-state index in [1.807, 2.05) is 30.3 Å². The first-order valence-electron chi connectivity index (χ1n) is 17.0. The number of ether oxygens (including phenoxy) is 4. The van der Waals surface area contributed by atoms with Crippen LogP contribution in [0.5, 0.6) is 23.0 Å². The van der Waals surface area contributed by atoms with Gasteiger partial charge >= 0.3 is 0 Å². The van der Waals surface area contributed by atoms with E-state index in [9.17, 15) is 18.0 Å². The number of carbonyl (C=O) groups is 2. The Labute approximate surface area is 320 Å². The maximum Gasteiger partial charge on any atom is 0.265 e. The van der Waals surface area contributed by atoms with Crippen LogP contribution in [0.15, 0.2) is 89.8 Å². The van der Waals surface area contributed by atoms with Crippen molar-refractivity contribution in [3.8, 4) is 23.0 Å². The third kappa shape index (κ3) is 9.48. The van der Waals surface area contributed by atoms with Gasteiger partial charge in [0.15, 0.2) is 11.5 Å². The van der Waals surface area contributed by atoms with Crippen LogP contribution in [0.2, 0.25) is 10.0 Å². The standard InChI is InChI=1S/C39H43Cl2N3O8S/c1-49-29-15-18-35(50-2)33(22-29)44(53(47,48)30-16-19-36(51-3)37(23-30)52-4)25-38(45)43(24-27-14-17-31(40)32(41)20-27)34(21-26-10-6-5-7-11-26)39(46)42-28-12-8-9-13-28/h5-7,10-11,14-20,22-23,28,34H,8-9,12-13,21,24-25H2,1-4H3,(H,42,46)/t34-/m0/s1. The molecule has 0 radical (unpaired) electrons. The van der Waals surface area contributed by atoms with Crippen LogP contribution >= 0.6 is 23.2 Å². The van der Waals surface area contributed by atoms with Crippen molar-refractivity contribution in [1.29, 1.82) is 0 Å². The first-order chi connectivity index (χ1) is 25.5. The molecule has 0 aromatic heterocycles. The van der Waals surface area contributed by atoms with Crippen molar-refractivity contribution in [2.75, 3.05) is 39.3 Å². The van der Waals surface area contributed by atoms with Gasteiger partial charge in [0.05, 0.1) is 49.1 Å². The molecule has 1 N–H and O–H groups in total. The summed E-state index contributed by atoms with van der Waals surface area (Å²) >= 11 is 12.7. The predicted octanol–water partition coefficient (Wildman–Crippen LogP) is 6.92. The molecule has 5 rings (SSSR count). The number of methoxy groups -OCH3 is 4. The average Bonchev–Trinajstić information content (AvgIpc) is 3.69. The van der Waals surface area contributed by atoms with Crippen LogP contribution in [-0.4, -0.2) is 72.2 Å². The van der Waals surface area contributed by atoms with Crippen LogP contribution in [0, 0.1) is 0 Å². The first kappa shape index (κ1) is 39.6. The van der Waals surface area contributed by atoms with Crippen LogP contribution < -0.4 is 28.6 Å². The van der Waals surface area contributed by atoms with Crippen molar-refractivity contribution in [3.05, 3.63) is 106 Å². The number of sulfonamides is 1. The lowest BCUT2D eigenvalue weighted by atomic mass is 10.0. The Hall–Kier alpha value is -4.65. The number of hydrogen-bond donors (Lipinski definition) is 1. The van der Waals surface area contributed by atoms with Crippen molar-refractivity contribution >= 4 is 50.7 Å². The van der Waals surface area contributed by atoms with E-state index in [2.05, 4.69) is 5.32 Å². The fraction of sp³-hybridized carbons (Fsp3) is 0.333. The van der Waals surface area contributed by atoms with Gasteiger partial charge in [0.25, 0.3) is 10.0 Å². The van der Waals surface area contributed by atoms with Crippen molar-refractivity contribution in [2.45, 2.75) is 55.6 Å². The molecule has 1 aliphatic rings. The first-order valence-corrected chi connectivity index (χ1v) is 19.2. The minimum absolute atomic E-state index is 0.0364. The molecular weight excluding hydrogens is 741 g/mol. The molecule has 1 fully saturated rings. The van der Waals surface area contributed by atoms with Crippen LogP contribution in [-0.2, 0) is 32.6 Å². The Balaban J connectivity index is 1.65. The van der Waals surface area contributed by atoms with Crippen LogP contribution in [0.4, 0.5) is 5.69 Å². The number of halogens is 2. The highest BCUT2D eigenvalue weighted by Gasteiger charge is 2.37.